The maximum Gasteiger partial charge on any atom is 0.353 e. The molecule has 2 rings (SSSR count). The Morgan fingerprint density at radius 1 is 1.40 bits per heavy atom. The summed E-state index contributed by atoms with van der Waals surface area (Å²) in [7, 11) is 0. The Balaban J connectivity index is 2.67. The van der Waals surface area contributed by atoms with Crippen LogP contribution in [0.25, 0.3) is 10.9 Å². The van der Waals surface area contributed by atoms with E-state index < -0.39 is 11.4 Å². The van der Waals surface area contributed by atoms with Gasteiger partial charge in [0, 0.05) is 11.6 Å². The molecule has 0 aliphatic heterocycles. The minimum Gasteiger partial charge on any atom is -0.249 e. The van der Waals surface area contributed by atoms with Gasteiger partial charge < -0.3 is 0 Å². The third-order valence-electron chi connectivity index (χ3n) is 1.89. The first kappa shape index (κ1) is 10.9. The van der Waals surface area contributed by atoms with Gasteiger partial charge in [-0.25, -0.2) is 9.67 Å². The number of rotatable bonds is 2. The fourth-order valence-corrected chi connectivity index (χ4v) is 1.77. The third kappa shape index (κ3) is 1.90. The van der Waals surface area contributed by atoms with E-state index in [0.717, 1.165) is 0 Å². The molecular weight excluding hydrogens is 336 g/mol. The Labute approximate surface area is 101 Å². The van der Waals surface area contributed by atoms with Crippen LogP contribution in [0.2, 0.25) is 0 Å². The molecule has 0 N–H and O–H groups in total. The monoisotopic (exact) mass is 339 g/mol. The van der Waals surface area contributed by atoms with E-state index in [1.165, 1.54) is 18.5 Å². The number of alkyl halides is 3. The maximum absolute atomic E-state index is 13.4. The Morgan fingerprint density at radius 3 is 2.80 bits per heavy atom. The van der Waals surface area contributed by atoms with E-state index in [1.807, 2.05) is 0 Å². The van der Waals surface area contributed by atoms with Crippen molar-refractivity contribution in [1.82, 2.24) is 14.8 Å². The summed E-state index contributed by atoms with van der Waals surface area (Å²) < 4.78 is 28.0. The smallest absolute Gasteiger partial charge is 0.249 e. The first-order valence-corrected chi connectivity index (χ1v) is 5.89. The highest BCUT2D eigenvalue weighted by Gasteiger charge is 2.32. The molecule has 0 aliphatic carbocycles. The normalized spacial score (nSPS) is 12.3. The van der Waals surface area contributed by atoms with Gasteiger partial charge in [-0.2, -0.15) is 13.9 Å². The van der Waals surface area contributed by atoms with Crippen molar-refractivity contribution in [3.05, 3.63) is 23.1 Å². The Morgan fingerprint density at radius 2 is 2.13 bits per heavy atom. The van der Waals surface area contributed by atoms with Gasteiger partial charge in [0.1, 0.15) is 4.60 Å². The van der Waals surface area contributed by atoms with Crippen LogP contribution in [-0.4, -0.2) is 20.1 Å². The second kappa shape index (κ2) is 3.79. The molecule has 0 saturated heterocycles. The molecule has 0 aromatic carbocycles. The van der Waals surface area contributed by atoms with Crippen LogP contribution in [-0.2, 0) is 6.05 Å². The van der Waals surface area contributed by atoms with E-state index in [0.29, 0.717) is 20.2 Å². The zero-order valence-corrected chi connectivity index (χ0v) is 10.5. The topological polar surface area (TPSA) is 30.7 Å². The molecule has 0 bridgehead atoms. The van der Waals surface area contributed by atoms with Crippen molar-refractivity contribution in [1.29, 1.82) is 0 Å². The minimum atomic E-state index is -3.04. The zero-order chi connectivity index (χ0) is 11.1. The molecule has 0 atom stereocenters. The highest BCUT2D eigenvalue weighted by molar-refractivity contribution is 9.10. The highest BCUT2D eigenvalue weighted by atomic mass is 79.9. The van der Waals surface area contributed by atoms with Crippen molar-refractivity contribution in [2.75, 3.05) is 5.33 Å². The SMILES string of the molecule is FC(F)(CBr)n1ncc2cnc(Br)cc21. The summed E-state index contributed by atoms with van der Waals surface area (Å²) in [6.45, 7) is 0. The molecule has 0 amide bonds. The van der Waals surface area contributed by atoms with Gasteiger partial charge in [-0.15, -0.1) is 0 Å². The lowest BCUT2D eigenvalue weighted by Crippen LogP contribution is -2.25. The van der Waals surface area contributed by atoms with Crippen LogP contribution < -0.4 is 0 Å². The molecule has 80 valence electrons. The molecule has 2 aromatic rings. The predicted molar refractivity (Wildman–Crippen MR) is 59.2 cm³/mol. The van der Waals surface area contributed by atoms with Gasteiger partial charge in [0.25, 0.3) is 0 Å². The van der Waals surface area contributed by atoms with E-state index in [4.69, 9.17) is 0 Å². The van der Waals surface area contributed by atoms with Crippen LogP contribution in [0.1, 0.15) is 0 Å². The molecule has 3 nitrogen and oxygen atoms in total. The van der Waals surface area contributed by atoms with Crippen molar-refractivity contribution >= 4 is 42.8 Å². The molecule has 0 spiro atoms. The molecular formula is C8H5Br2F2N3. The molecule has 2 aromatic heterocycles. The van der Waals surface area contributed by atoms with Crippen molar-refractivity contribution in [2.45, 2.75) is 6.05 Å². The predicted octanol–water partition coefficient (Wildman–Crippen LogP) is 3.14. The molecule has 7 heteroatoms. The number of fused-ring (bicyclic) bond motifs is 1. The van der Waals surface area contributed by atoms with Crippen LogP contribution in [0.15, 0.2) is 23.1 Å². The maximum atomic E-state index is 13.4. The summed E-state index contributed by atoms with van der Waals surface area (Å²) in [5, 5.41) is 3.76. The number of nitrogens with zero attached hydrogens (tertiary/aromatic N) is 3. The fourth-order valence-electron chi connectivity index (χ4n) is 1.21. The molecule has 0 radical (unpaired) electrons. The van der Waals surface area contributed by atoms with Crippen LogP contribution in [0, 0.1) is 0 Å². The minimum absolute atomic E-state index is 0.348. The van der Waals surface area contributed by atoms with E-state index in [-0.39, 0.29) is 0 Å². The van der Waals surface area contributed by atoms with Crippen molar-refractivity contribution < 1.29 is 8.78 Å². The summed E-state index contributed by atoms with van der Waals surface area (Å²) in [4.78, 5) is 3.94. The van der Waals surface area contributed by atoms with Gasteiger partial charge in [-0.3, -0.25) is 0 Å². The molecule has 0 fully saturated rings. The first-order valence-electron chi connectivity index (χ1n) is 3.98. The van der Waals surface area contributed by atoms with Gasteiger partial charge in [0.2, 0.25) is 0 Å². The number of hydrogen-bond acceptors (Lipinski definition) is 2. The summed E-state index contributed by atoms with van der Waals surface area (Å²) in [6.07, 6.45) is 2.86. The standard InChI is InChI=1S/C8H5Br2F2N3/c9-4-8(11,12)15-6-1-7(10)13-2-5(6)3-14-15/h1-3H,4H2. The largest absolute Gasteiger partial charge is 0.353 e. The lowest BCUT2D eigenvalue weighted by atomic mass is 10.3. The van der Waals surface area contributed by atoms with Crippen molar-refractivity contribution in [3.8, 4) is 0 Å². The molecule has 2 heterocycles. The second-order valence-corrected chi connectivity index (χ2v) is 4.29. The highest BCUT2D eigenvalue weighted by Crippen LogP contribution is 2.27. The average Bonchev–Trinajstić information content (AvgIpc) is 2.61. The molecule has 0 saturated carbocycles. The van der Waals surface area contributed by atoms with Gasteiger partial charge in [-0.05, 0) is 22.0 Å². The number of hydrogen-bond donors (Lipinski definition) is 0. The second-order valence-electron chi connectivity index (χ2n) is 2.92. The van der Waals surface area contributed by atoms with Gasteiger partial charge in [-0.1, -0.05) is 15.9 Å². The summed E-state index contributed by atoms with van der Waals surface area (Å²) in [6, 6.07) is -1.53. The van der Waals surface area contributed by atoms with E-state index in [2.05, 4.69) is 41.9 Å². The fraction of sp³-hybridized carbons (Fsp3) is 0.250. The summed E-state index contributed by atoms with van der Waals surface area (Å²) in [5.74, 6) is 0. The quantitative estimate of drug-likeness (QED) is 0.621. The van der Waals surface area contributed by atoms with Gasteiger partial charge in [0.15, 0.2) is 0 Å². The van der Waals surface area contributed by atoms with Crippen LogP contribution in [0.4, 0.5) is 8.78 Å². The Hall–Kier alpha value is -0.560. The van der Waals surface area contributed by atoms with Crippen LogP contribution >= 0.6 is 31.9 Å². The van der Waals surface area contributed by atoms with Crippen molar-refractivity contribution in [3.63, 3.8) is 0 Å². The zero-order valence-electron chi connectivity index (χ0n) is 7.29. The molecule has 0 aliphatic rings. The molecule has 0 unspecified atom stereocenters. The van der Waals surface area contributed by atoms with Crippen LogP contribution in [0.5, 0.6) is 0 Å². The van der Waals surface area contributed by atoms with Crippen LogP contribution in [0.3, 0.4) is 0 Å². The lowest BCUT2D eigenvalue weighted by Gasteiger charge is -2.14. The summed E-state index contributed by atoms with van der Waals surface area (Å²) >= 11 is 5.89. The van der Waals surface area contributed by atoms with Gasteiger partial charge >= 0.3 is 6.05 Å². The average molecular weight is 341 g/mol. The number of halogens is 4. The van der Waals surface area contributed by atoms with E-state index >= 15 is 0 Å². The molecule has 15 heavy (non-hydrogen) atoms. The van der Waals surface area contributed by atoms with Crippen molar-refractivity contribution in [2.24, 2.45) is 0 Å². The number of aromatic nitrogens is 3. The Bertz CT molecular complexity index is 498. The lowest BCUT2D eigenvalue weighted by molar-refractivity contribution is -0.0614. The number of pyridine rings is 1. The summed E-state index contributed by atoms with van der Waals surface area (Å²) in [5.41, 5.74) is 0.348. The Kier molecular flexibility index (Phi) is 2.76. The van der Waals surface area contributed by atoms with E-state index in [9.17, 15) is 8.78 Å². The van der Waals surface area contributed by atoms with Gasteiger partial charge in [0.05, 0.1) is 17.0 Å². The van der Waals surface area contributed by atoms with E-state index in [1.54, 1.807) is 0 Å². The first-order chi connectivity index (χ1) is 7.04. The third-order valence-corrected chi connectivity index (χ3v) is 3.00.